The lowest BCUT2D eigenvalue weighted by molar-refractivity contribution is -0.143. The fraction of sp³-hybridized carbons (Fsp3) is 0.625. The number of nitrogens with one attached hydrogen (secondary N) is 13. The molecule has 0 bridgehead atoms. The van der Waals surface area contributed by atoms with Crippen LogP contribution in [0.3, 0.4) is 0 Å². The van der Waals surface area contributed by atoms with Gasteiger partial charge in [0.1, 0.15) is 72.5 Å². The summed E-state index contributed by atoms with van der Waals surface area (Å²) in [4.78, 5) is 209. The van der Waals surface area contributed by atoms with E-state index in [0.29, 0.717) is 31.4 Å². The zero-order valence-electron chi connectivity index (χ0n) is 58.6. The normalized spacial score (nSPS) is 15.4. The molecule has 2 rings (SSSR count). The summed E-state index contributed by atoms with van der Waals surface area (Å²) in [5, 5.41) is 69.3. The monoisotopic (exact) mass is 1460 g/mol. The molecule has 570 valence electrons. The molecule has 0 fully saturated rings. The number of nitrogens with zero attached hydrogens (tertiary/aromatic N) is 1. The molecule has 1 heterocycles. The van der Waals surface area contributed by atoms with Crippen molar-refractivity contribution in [3.63, 3.8) is 0 Å². The predicted molar refractivity (Wildman–Crippen MR) is 371 cm³/mol. The second-order valence-electron chi connectivity index (χ2n) is 25.5. The summed E-state index contributed by atoms with van der Waals surface area (Å²) in [6.07, 6.45) is 0.493. The number of hydrogen-bond acceptors (Lipinski definition) is 22. The molecule has 2 aromatic rings. The standard InChI is InChI=1S/C64H104N18O19S/c1-31(2)48(81-61(97)49(32(3)4)79-57(93)42(26-46(68)85)75-58(94)44(28-83)77-52(88)34(7)71-56(92)41(24-36-16-10-9-11-17-36)74-53(89)38(67)18-12-14-22-65)60(96)73-40(20-21-47(86)87)55(91)72-39(19-13-15-23-66)54(90)78-45(29-102)59(95)80-50(33(5)6)62(98)82-51(35(8)84)63(99)76-43(64(100)101)25-37-27-69-30-70-37/h9-11,16-17,27,30-35,38-45,48-51,83-84,102H,12-15,18-26,28-29,65-67H2,1-8H3,(H2,68,85)(H,69,70)(H,71,92)(H,72,91)(H,73,96)(H,74,89)(H,75,94)(H,76,99)(H,77,88)(H,78,90)(H,79,93)(H,80,95)(H,81,97)(H,82,98)(H,86,87)(H,100,101)/t34-,35+,38-,39-,40-,41-,42-,43-,44-,45-,48-,49-,50-,51-/m0/s1. The number of carboxylic acids is 2. The third-order valence-corrected chi connectivity index (χ3v) is 16.3. The lowest BCUT2D eigenvalue weighted by atomic mass is 9.98. The van der Waals surface area contributed by atoms with Crippen molar-refractivity contribution in [2.75, 3.05) is 25.4 Å². The Morgan fingerprint density at radius 3 is 1.38 bits per heavy atom. The second kappa shape index (κ2) is 45.5. The zero-order valence-corrected chi connectivity index (χ0v) is 59.5. The van der Waals surface area contributed by atoms with Crippen molar-refractivity contribution in [1.82, 2.24) is 73.8 Å². The van der Waals surface area contributed by atoms with Gasteiger partial charge in [-0.1, -0.05) is 78.3 Å². The molecule has 13 amide bonds. The van der Waals surface area contributed by atoms with Gasteiger partial charge in [0.15, 0.2) is 0 Å². The third kappa shape index (κ3) is 31.3. The summed E-state index contributed by atoms with van der Waals surface area (Å²) in [7, 11) is 0. The molecule has 14 atom stereocenters. The summed E-state index contributed by atoms with van der Waals surface area (Å²) in [6.45, 7) is 10.9. The van der Waals surface area contributed by atoms with E-state index in [9.17, 15) is 92.3 Å². The number of aliphatic carboxylic acids is 2. The molecule has 0 radical (unpaired) electrons. The minimum Gasteiger partial charge on any atom is -0.481 e. The van der Waals surface area contributed by atoms with Gasteiger partial charge in [0.2, 0.25) is 76.8 Å². The Kier molecular flexibility index (Phi) is 39.6. The summed E-state index contributed by atoms with van der Waals surface area (Å²) in [5.41, 5.74) is 23.8. The average molecular weight is 1460 g/mol. The molecular formula is C64H104N18O19S. The highest BCUT2D eigenvalue weighted by Crippen LogP contribution is 2.14. The average Bonchev–Trinajstić information content (AvgIpc) is 0.939. The lowest BCUT2D eigenvalue weighted by Crippen LogP contribution is -2.62. The van der Waals surface area contributed by atoms with E-state index in [0.717, 1.165) is 6.92 Å². The van der Waals surface area contributed by atoms with E-state index in [4.69, 9.17) is 22.9 Å². The number of aromatic nitrogens is 2. The van der Waals surface area contributed by atoms with Crippen LogP contribution in [0.25, 0.3) is 0 Å². The van der Waals surface area contributed by atoms with Crippen molar-refractivity contribution < 1.29 is 92.3 Å². The number of nitrogens with two attached hydrogens (primary N) is 4. The maximum atomic E-state index is 14.3. The lowest BCUT2D eigenvalue weighted by Gasteiger charge is -2.30. The summed E-state index contributed by atoms with van der Waals surface area (Å²) in [6, 6.07) is -11.3. The molecule has 0 unspecified atom stereocenters. The first kappa shape index (κ1) is 88.7. The first-order valence-electron chi connectivity index (χ1n) is 33.4. The van der Waals surface area contributed by atoms with Gasteiger partial charge >= 0.3 is 11.9 Å². The van der Waals surface area contributed by atoms with Gasteiger partial charge in [-0.05, 0) is 88.8 Å². The number of amides is 13. The largest absolute Gasteiger partial charge is 0.481 e. The number of aliphatic hydroxyl groups excluding tert-OH is 2. The van der Waals surface area contributed by atoms with Crippen molar-refractivity contribution in [1.29, 1.82) is 0 Å². The van der Waals surface area contributed by atoms with Crippen LogP contribution >= 0.6 is 12.6 Å². The number of benzene rings is 1. The molecule has 0 saturated heterocycles. The highest BCUT2D eigenvalue weighted by molar-refractivity contribution is 7.80. The van der Waals surface area contributed by atoms with E-state index in [1.165, 1.54) is 61.0 Å². The summed E-state index contributed by atoms with van der Waals surface area (Å²) >= 11 is 4.23. The smallest absolute Gasteiger partial charge is 0.326 e. The summed E-state index contributed by atoms with van der Waals surface area (Å²) in [5.74, 6) is -18.8. The number of rotatable bonds is 48. The van der Waals surface area contributed by atoms with Gasteiger partial charge in [-0.2, -0.15) is 12.6 Å². The number of primary amides is 1. The molecule has 38 heteroatoms. The SMILES string of the molecule is CC(C)[C@H](NC(=O)[C@H](CC(N)=O)NC(=O)[C@H](CO)NC(=O)[C@H](C)NC(=O)[C@H](Cc1ccccc1)NC(=O)[C@@H](N)CCCCN)C(=O)N[C@H](C(=O)N[C@@H](CCC(=O)O)C(=O)N[C@@H](CCCCN)C(=O)N[C@@H](CS)C(=O)N[C@H](C(=O)N[C@H](C(=O)N[C@@H](Cc1c[nH]cn1)C(=O)O)[C@@H](C)O)C(C)C)C(C)C. The van der Waals surface area contributed by atoms with Gasteiger partial charge in [0, 0.05) is 31.2 Å². The molecule has 102 heavy (non-hydrogen) atoms. The maximum Gasteiger partial charge on any atom is 0.326 e. The van der Waals surface area contributed by atoms with Crippen LogP contribution in [0.5, 0.6) is 0 Å². The molecule has 0 aliphatic carbocycles. The van der Waals surface area contributed by atoms with Gasteiger partial charge < -0.3 is 112 Å². The van der Waals surface area contributed by atoms with Crippen LogP contribution < -0.4 is 86.7 Å². The number of unbranched alkanes of at least 4 members (excludes halogenated alkanes) is 2. The van der Waals surface area contributed by atoms with Gasteiger partial charge in [0.05, 0.1) is 37.2 Å². The van der Waals surface area contributed by atoms with E-state index in [-0.39, 0.29) is 44.3 Å². The zero-order chi connectivity index (χ0) is 77.1. The molecular weight excluding hydrogens is 1360 g/mol. The Bertz CT molecular complexity index is 3130. The van der Waals surface area contributed by atoms with Crippen molar-refractivity contribution in [3.05, 3.63) is 54.1 Å². The van der Waals surface area contributed by atoms with E-state index >= 15 is 0 Å². The van der Waals surface area contributed by atoms with Gasteiger partial charge in [-0.3, -0.25) is 67.1 Å². The topological polar surface area (TPSA) is 614 Å². The van der Waals surface area contributed by atoms with Crippen molar-refractivity contribution in [2.45, 2.75) is 211 Å². The summed E-state index contributed by atoms with van der Waals surface area (Å²) < 4.78 is 0. The van der Waals surface area contributed by atoms with E-state index in [1.807, 2.05) is 0 Å². The van der Waals surface area contributed by atoms with Crippen LogP contribution in [0, 0.1) is 17.8 Å². The highest BCUT2D eigenvalue weighted by Gasteiger charge is 2.39. The van der Waals surface area contributed by atoms with Crippen LogP contribution in [0.15, 0.2) is 42.9 Å². The van der Waals surface area contributed by atoms with Crippen molar-refractivity contribution >= 4 is 101 Å². The van der Waals surface area contributed by atoms with Crippen LogP contribution in [-0.4, -0.2) is 229 Å². The first-order valence-corrected chi connectivity index (χ1v) is 34.1. The number of imidazole rings is 1. The maximum absolute atomic E-state index is 14.3. The van der Waals surface area contributed by atoms with E-state index in [1.54, 1.807) is 30.3 Å². The molecule has 0 aliphatic heterocycles. The molecule has 1 aromatic carbocycles. The van der Waals surface area contributed by atoms with Crippen molar-refractivity contribution in [3.8, 4) is 0 Å². The fourth-order valence-electron chi connectivity index (χ4n) is 9.91. The number of hydrogen-bond donors (Lipinski definition) is 22. The Morgan fingerprint density at radius 1 is 0.480 bits per heavy atom. The Labute approximate surface area is 596 Å². The quantitative estimate of drug-likeness (QED) is 0.0216. The number of carboxylic acid groups (broad SMARTS) is 2. The molecule has 1 aromatic heterocycles. The van der Waals surface area contributed by atoms with Crippen LogP contribution in [0.2, 0.25) is 0 Å². The molecule has 0 saturated carbocycles. The van der Waals surface area contributed by atoms with Gasteiger partial charge in [-0.15, -0.1) is 0 Å². The van der Waals surface area contributed by atoms with Crippen LogP contribution in [-0.2, 0) is 84.8 Å². The predicted octanol–water partition coefficient (Wildman–Crippen LogP) is -6.29. The second-order valence-corrected chi connectivity index (χ2v) is 25.9. The number of aliphatic hydroxyl groups is 2. The van der Waals surface area contributed by atoms with Gasteiger partial charge in [-0.25, -0.2) is 9.78 Å². The van der Waals surface area contributed by atoms with E-state index < -0.39 is 223 Å². The first-order chi connectivity index (χ1) is 48.0. The number of carbonyl (C=O) groups excluding carboxylic acids is 13. The van der Waals surface area contributed by atoms with Crippen molar-refractivity contribution in [2.24, 2.45) is 40.7 Å². The van der Waals surface area contributed by atoms with Crippen LogP contribution in [0.1, 0.15) is 124 Å². The number of thiol groups is 1. The molecule has 0 aliphatic rings. The van der Waals surface area contributed by atoms with Crippen LogP contribution in [0.4, 0.5) is 0 Å². The Balaban J connectivity index is 2.31. The Hall–Kier alpha value is -9.37. The Morgan fingerprint density at radius 2 is 0.902 bits per heavy atom. The fourth-order valence-corrected chi connectivity index (χ4v) is 10.2. The van der Waals surface area contributed by atoms with E-state index in [2.05, 4.69) is 86.4 Å². The number of carbonyl (C=O) groups is 15. The number of H-pyrrole nitrogens is 1. The molecule has 37 nitrogen and oxygen atoms in total. The highest BCUT2D eigenvalue weighted by atomic mass is 32.1. The minimum absolute atomic E-state index is 0.0126. The van der Waals surface area contributed by atoms with Gasteiger partial charge in [0.25, 0.3) is 0 Å². The molecule has 0 spiro atoms. The minimum atomic E-state index is -1.87. The molecule has 25 N–H and O–H groups in total. The number of aromatic amines is 1. The third-order valence-electron chi connectivity index (χ3n) is 15.9.